The van der Waals surface area contributed by atoms with Gasteiger partial charge in [-0.3, -0.25) is 0 Å². The number of nitrogens with one attached hydrogen (secondary N) is 1. The second kappa shape index (κ2) is 7.65. The van der Waals surface area contributed by atoms with Crippen molar-refractivity contribution in [1.29, 1.82) is 0 Å². The van der Waals surface area contributed by atoms with Gasteiger partial charge in [0.25, 0.3) is 0 Å². The van der Waals surface area contributed by atoms with Crippen molar-refractivity contribution in [2.24, 2.45) is 5.92 Å². The van der Waals surface area contributed by atoms with Gasteiger partial charge in [-0.15, -0.1) is 0 Å². The minimum atomic E-state index is 0.266. The van der Waals surface area contributed by atoms with E-state index in [1.165, 1.54) is 32.4 Å². The molecule has 1 unspecified atom stereocenters. The minimum absolute atomic E-state index is 0.266. The first kappa shape index (κ1) is 15.3. The van der Waals surface area contributed by atoms with Crippen LogP contribution >= 0.6 is 0 Å². The molecule has 0 spiro atoms. The Bertz CT molecular complexity index is 400. The van der Waals surface area contributed by atoms with E-state index in [1.807, 2.05) is 18.2 Å². The summed E-state index contributed by atoms with van der Waals surface area (Å²) in [6, 6.07) is 7.94. The number of para-hydroxylation sites is 1. The van der Waals surface area contributed by atoms with Crippen molar-refractivity contribution in [2.45, 2.75) is 38.6 Å². The normalized spacial score (nSPS) is 19.1. The fraction of sp³-hybridized carbons (Fsp3) is 0.647. The zero-order chi connectivity index (χ0) is 14.4. The van der Waals surface area contributed by atoms with Gasteiger partial charge in [-0.25, -0.2) is 0 Å². The van der Waals surface area contributed by atoms with Crippen LogP contribution in [0.2, 0.25) is 0 Å². The van der Waals surface area contributed by atoms with Gasteiger partial charge >= 0.3 is 0 Å². The third-order valence-corrected chi connectivity index (χ3v) is 4.50. The molecule has 1 aliphatic heterocycles. The summed E-state index contributed by atoms with van der Waals surface area (Å²) >= 11 is 0. The summed E-state index contributed by atoms with van der Waals surface area (Å²) in [6.07, 6.45) is 4.90. The number of hydrogen-bond acceptors (Lipinski definition) is 3. The van der Waals surface area contributed by atoms with Gasteiger partial charge in [0, 0.05) is 11.6 Å². The maximum atomic E-state index is 9.94. The Morgan fingerprint density at radius 2 is 2.00 bits per heavy atom. The average molecular weight is 276 g/mol. The molecule has 1 aromatic carbocycles. The predicted molar refractivity (Wildman–Crippen MR) is 84.0 cm³/mol. The number of benzene rings is 1. The third kappa shape index (κ3) is 4.22. The summed E-state index contributed by atoms with van der Waals surface area (Å²) in [7, 11) is 2.21. The molecule has 1 atom stereocenters. The maximum Gasteiger partial charge on any atom is 0.120 e. The number of piperidine rings is 1. The number of phenolic OH excluding ortho intramolecular Hbond substituents is 1. The van der Waals surface area contributed by atoms with Gasteiger partial charge in [-0.2, -0.15) is 0 Å². The van der Waals surface area contributed by atoms with Gasteiger partial charge < -0.3 is 15.3 Å². The molecule has 2 rings (SSSR count). The molecule has 20 heavy (non-hydrogen) atoms. The van der Waals surface area contributed by atoms with E-state index >= 15 is 0 Å². The summed E-state index contributed by atoms with van der Waals surface area (Å²) in [5.74, 6) is 1.27. The lowest BCUT2D eigenvalue weighted by molar-refractivity contribution is 0.210. The molecule has 0 amide bonds. The number of aromatic hydroxyl groups is 1. The number of hydrogen-bond donors (Lipinski definition) is 2. The van der Waals surface area contributed by atoms with Crippen molar-refractivity contribution in [2.75, 3.05) is 26.7 Å². The minimum Gasteiger partial charge on any atom is -0.508 e. The molecule has 0 aliphatic carbocycles. The SMILES string of the molecule is CCC(NCCC1CCN(C)CC1)c1ccccc1O. The van der Waals surface area contributed by atoms with Gasteiger partial charge in [0.15, 0.2) is 0 Å². The molecule has 1 aromatic rings. The van der Waals surface area contributed by atoms with Crippen molar-refractivity contribution in [1.82, 2.24) is 10.2 Å². The molecular formula is C17H28N2O. The van der Waals surface area contributed by atoms with Crippen molar-refractivity contribution in [3.63, 3.8) is 0 Å². The van der Waals surface area contributed by atoms with Gasteiger partial charge in [0.2, 0.25) is 0 Å². The Labute approximate surface area is 123 Å². The Morgan fingerprint density at radius 3 is 2.65 bits per heavy atom. The standard InChI is InChI=1S/C17H28N2O/c1-3-16(15-6-4-5-7-17(15)20)18-11-8-14-9-12-19(2)13-10-14/h4-7,14,16,18,20H,3,8-13H2,1-2H3. The zero-order valence-electron chi connectivity index (χ0n) is 12.8. The van der Waals surface area contributed by atoms with Crippen LogP contribution in [-0.2, 0) is 0 Å². The molecule has 1 heterocycles. The van der Waals surface area contributed by atoms with E-state index in [2.05, 4.69) is 24.2 Å². The monoisotopic (exact) mass is 276 g/mol. The van der Waals surface area contributed by atoms with Crippen molar-refractivity contribution in [3.05, 3.63) is 29.8 Å². The van der Waals surface area contributed by atoms with Crippen LogP contribution in [0.1, 0.15) is 44.2 Å². The molecular weight excluding hydrogens is 248 g/mol. The van der Waals surface area contributed by atoms with Gasteiger partial charge in [-0.05, 0) is 64.3 Å². The fourth-order valence-corrected chi connectivity index (χ4v) is 3.07. The van der Waals surface area contributed by atoms with Crippen LogP contribution in [0.3, 0.4) is 0 Å². The summed E-state index contributed by atoms with van der Waals surface area (Å²) in [4.78, 5) is 2.42. The molecule has 1 saturated heterocycles. The van der Waals surface area contributed by atoms with Crippen LogP contribution < -0.4 is 5.32 Å². The molecule has 3 heteroatoms. The molecule has 2 N–H and O–H groups in total. The van der Waals surface area contributed by atoms with Gasteiger partial charge in [0.1, 0.15) is 5.75 Å². The van der Waals surface area contributed by atoms with Crippen molar-refractivity contribution < 1.29 is 5.11 Å². The highest BCUT2D eigenvalue weighted by Gasteiger charge is 2.17. The number of likely N-dealkylation sites (tertiary alicyclic amines) is 1. The lowest BCUT2D eigenvalue weighted by Gasteiger charge is -2.29. The fourth-order valence-electron chi connectivity index (χ4n) is 3.07. The summed E-state index contributed by atoms with van der Waals surface area (Å²) in [5, 5.41) is 13.6. The van der Waals surface area contributed by atoms with E-state index in [-0.39, 0.29) is 6.04 Å². The number of phenols is 1. The van der Waals surface area contributed by atoms with Crippen molar-refractivity contribution >= 4 is 0 Å². The molecule has 0 aromatic heterocycles. The molecule has 112 valence electrons. The molecule has 1 fully saturated rings. The van der Waals surface area contributed by atoms with Crippen LogP contribution in [-0.4, -0.2) is 36.7 Å². The average Bonchev–Trinajstić information content (AvgIpc) is 2.47. The van der Waals surface area contributed by atoms with Gasteiger partial charge in [0.05, 0.1) is 0 Å². The molecule has 0 saturated carbocycles. The van der Waals surface area contributed by atoms with E-state index in [0.717, 1.165) is 24.4 Å². The lowest BCUT2D eigenvalue weighted by atomic mass is 9.93. The molecule has 3 nitrogen and oxygen atoms in total. The van der Waals surface area contributed by atoms with Crippen LogP contribution in [0.25, 0.3) is 0 Å². The number of nitrogens with zero attached hydrogens (tertiary/aromatic N) is 1. The third-order valence-electron chi connectivity index (χ3n) is 4.50. The zero-order valence-corrected chi connectivity index (χ0v) is 12.8. The second-order valence-corrected chi connectivity index (χ2v) is 6.01. The predicted octanol–water partition coefficient (Wildman–Crippen LogP) is 3.16. The highest BCUT2D eigenvalue weighted by molar-refractivity contribution is 5.34. The Morgan fingerprint density at radius 1 is 1.30 bits per heavy atom. The van der Waals surface area contributed by atoms with Crippen LogP contribution in [0, 0.1) is 5.92 Å². The smallest absolute Gasteiger partial charge is 0.120 e. The topological polar surface area (TPSA) is 35.5 Å². The first-order chi connectivity index (χ1) is 9.70. The Kier molecular flexibility index (Phi) is 5.86. The summed E-state index contributed by atoms with van der Waals surface area (Å²) in [6.45, 7) is 5.68. The van der Waals surface area contributed by atoms with Gasteiger partial charge in [-0.1, -0.05) is 25.1 Å². The number of rotatable bonds is 6. The molecule has 0 radical (unpaired) electrons. The van der Waals surface area contributed by atoms with Crippen LogP contribution in [0.4, 0.5) is 0 Å². The lowest BCUT2D eigenvalue weighted by Crippen LogP contribution is -2.32. The highest BCUT2D eigenvalue weighted by Crippen LogP contribution is 2.26. The Hall–Kier alpha value is -1.06. The molecule has 1 aliphatic rings. The van der Waals surface area contributed by atoms with E-state index in [4.69, 9.17) is 0 Å². The maximum absolute atomic E-state index is 9.94. The summed E-state index contributed by atoms with van der Waals surface area (Å²) < 4.78 is 0. The van der Waals surface area contributed by atoms with E-state index in [1.54, 1.807) is 6.07 Å². The van der Waals surface area contributed by atoms with Crippen LogP contribution in [0.5, 0.6) is 5.75 Å². The Balaban J connectivity index is 1.78. The first-order valence-corrected chi connectivity index (χ1v) is 7.90. The molecule has 0 bridgehead atoms. The second-order valence-electron chi connectivity index (χ2n) is 6.01. The van der Waals surface area contributed by atoms with E-state index in [9.17, 15) is 5.11 Å². The first-order valence-electron chi connectivity index (χ1n) is 7.90. The van der Waals surface area contributed by atoms with Crippen LogP contribution in [0.15, 0.2) is 24.3 Å². The van der Waals surface area contributed by atoms with E-state index in [0.29, 0.717) is 5.75 Å². The summed E-state index contributed by atoms with van der Waals surface area (Å²) in [5.41, 5.74) is 1.03. The van der Waals surface area contributed by atoms with E-state index < -0.39 is 0 Å². The van der Waals surface area contributed by atoms with Crippen molar-refractivity contribution in [3.8, 4) is 5.75 Å². The quantitative estimate of drug-likeness (QED) is 0.838. The largest absolute Gasteiger partial charge is 0.508 e. The highest BCUT2D eigenvalue weighted by atomic mass is 16.3.